The highest BCUT2D eigenvalue weighted by Gasteiger charge is 2.30. The molecular formula is C15H17N3O3S. The number of sulfonamides is 1. The molecule has 0 saturated heterocycles. The van der Waals surface area contributed by atoms with Crippen LogP contribution in [0.15, 0.2) is 33.9 Å². The van der Waals surface area contributed by atoms with Crippen molar-refractivity contribution in [3.05, 3.63) is 35.6 Å². The molecule has 22 heavy (non-hydrogen) atoms. The number of likely N-dealkylation sites (N-methyl/N-ethyl adjacent to an activating group) is 1. The Bertz CT molecular complexity index is 824. The van der Waals surface area contributed by atoms with Crippen molar-refractivity contribution in [3.8, 4) is 0 Å². The Balaban J connectivity index is 1.66. The molecule has 2 heterocycles. The van der Waals surface area contributed by atoms with Crippen molar-refractivity contribution in [2.24, 2.45) is 0 Å². The van der Waals surface area contributed by atoms with Gasteiger partial charge >= 0.3 is 0 Å². The van der Waals surface area contributed by atoms with Crippen LogP contribution in [0.25, 0.3) is 0 Å². The summed E-state index contributed by atoms with van der Waals surface area (Å²) in [5.41, 5.74) is 3.01. The first-order valence-corrected chi connectivity index (χ1v) is 8.84. The van der Waals surface area contributed by atoms with Gasteiger partial charge in [-0.25, -0.2) is 8.42 Å². The van der Waals surface area contributed by atoms with Crippen molar-refractivity contribution in [1.29, 1.82) is 0 Å². The van der Waals surface area contributed by atoms with E-state index in [1.165, 1.54) is 11.8 Å². The van der Waals surface area contributed by atoms with Crippen molar-refractivity contribution >= 4 is 21.5 Å². The maximum Gasteiger partial charge on any atom is 0.263 e. The monoisotopic (exact) mass is 319 g/mol. The molecule has 6 nitrogen and oxygen atoms in total. The summed E-state index contributed by atoms with van der Waals surface area (Å²) in [5, 5.41) is 3.80. The number of aromatic nitrogens is 1. The number of nitrogens with zero attached hydrogens (tertiary/aromatic N) is 2. The van der Waals surface area contributed by atoms with Crippen LogP contribution in [0.3, 0.4) is 0 Å². The topological polar surface area (TPSA) is 75.4 Å². The average molecular weight is 319 g/mol. The minimum atomic E-state index is -3.66. The number of hydrogen-bond acceptors (Lipinski definition) is 5. The number of rotatable bonds is 4. The molecule has 1 saturated carbocycles. The Morgan fingerprint density at radius 1 is 1.36 bits per heavy atom. The molecule has 4 rings (SSSR count). The van der Waals surface area contributed by atoms with Crippen LogP contribution in [-0.4, -0.2) is 27.2 Å². The van der Waals surface area contributed by atoms with Crippen molar-refractivity contribution in [2.75, 3.05) is 23.2 Å². The number of nitrogens with one attached hydrogen (secondary N) is 1. The van der Waals surface area contributed by atoms with Crippen molar-refractivity contribution in [1.82, 2.24) is 5.16 Å². The summed E-state index contributed by atoms with van der Waals surface area (Å²) in [4.78, 5) is 2.32. The van der Waals surface area contributed by atoms with Crippen molar-refractivity contribution in [2.45, 2.75) is 30.1 Å². The lowest BCUT2D eigenvalue weighted by atomic mass is 10.2. The van der Waals surface area contributed by atoms with E-state index < -0.39 is 10.0 Å². The Morgan fingerprint density at radius 3 is 2.95 bits per heavy atom. The highest BCUT2D eigenvalue weighted by molar-refractivity contribution is 7.92. The smallest absolute Gasteiger partial charge is 0.263 e. The minimum Gasteiger partial charge on any atom is -0.374 e. The van der Waals surface area contributed by atoms with Gasteiger partial charge in [0.15, 0.2) is 5.82 Å². The number of fused-ring (bicyclic) bond motifs is 1. The van der Waals surface area contributed by atoms with E-state index in [-0.39, 0.29) is 4.90 Å². The van der Waals surface area contributed by atoms with E-state index in [0.717, 1.165) is 37.1 Å². The molecule has 2 aromatic rings. The summed E-state index contributed by atoms with van der Waals surface area (Å²) >= 11 is 0. The molecule has 0 bridgehead atoms. The minimum absolute atomic E-state index is 0.254. The average Bonchev–Trinajstić information content (AvgIpc) is 3.13. The largest absolute Gasteiger partial charge is 0.374 e. The zero-order valence-electron chi connectivity index (χ0n) is 12.2. The first-order chi connectivity index (χ1) is 10.5. The third-order valence-electron chi connectivity index (χ3n) is 4.34. The number of benzene rings is 1. The second kappa shape index (κ2) is 4.74. The van der Waals surface area contributed by atoms with Crippen LogP contribution in [-0.2, 0) is 16.4 Å². The summed E-state index contributed by atoms with van der Waals surface area (Å²) in [6, 6.07) is 5.26. The second-order valence-corrected chi connectivity index (χ2v) is 7.64. The molecule has 2 aliphatic rings. The van der Waals surface area contributed by atoms with Crippen LogP contribution in [0.2, 0.25) is 0 Å². The van der Waals surface area contributed by atoms with Gasteiger partial charge in [0.1, 0.15) is 6.26 Å². The Hall–Kier alpha value is -2.02. The van der Waals surface area contributed by atoms with Crippen LogP contribution in [0, 0.1) is 0 Å². The fourth-order valence-electron chi connectivity index (χ4n) is 2.88. The fraction of sp³-hybridized carbons (Fsp3) is 0.400. The summed E-state index contributed by atoms with van der Waals surface area (Å²) in [7, 11) is -1.68. The quantitative estimate of drug-likeness (QED) is 0.936. The van der Waals surface area contributed by atoms with Crippen LogP contribution in [0.5, 0.6) is 0 Å². The normalized spacial score (nSPS) is 17.6. The van der Waals surface area contributed by atoms with E-state index in [9.17, 15) is 8.42 Å². The molecule has 1 aliphatic heterocycles. The van der Waals surface area contributed by atoms with E-state index in [4.69, 9.17) is 4.52 Å². The van der Waals surface area contributed by atoms with E-state index in [2.05, 4.69) is 14.8 Å². The lowest BCUT2D eigenvalue weighted by Crippen LogP contribution is -2.16. The summed E-state index contributed by atoms with van der Waals surface area (Å²) < 4.78 is 32.7. The molecule has 0 amide bonds. The van der Waals surface area contributed by atoms with Gasteiger partial charge in [-0.3, -0.25) is 4.72 Å². The van der Waals surface area contributed by atoms with E-state index in [0.29, 0.717) is 11.7 Å². The Labute approximate surface area is 129 Å². The van der Waals surface area contributed by atoms with E-state index in [1.807, 2.05) is 13.1 Å². The molecule has 1 aromatic heterocycles. The zero-order valence-corrected chi connectivity index (χ0v) is 13.1. The molecular weight excluding hydrogens is 302 g/mol. The van der Waals surface area contributed by atoms with Gasteiger partial charge in [0.2, 0.25) is 0 Å². The van der Waals surface area contributed by atoms with Crippen molar-refractivity contribution < 1.29 is 12.9 Å². The molecule has 0 radical (unpaired) electrons. The molecule has 0 spiro atoms. The second-order valence-electron chi connectivity index (χ2n) is 5.96. The fourth-order valence-corrected chi connectivity index (χ4v) is 3.92. The SMILES string of the molecule is CN1CCc2ccc(S(=O)(=O)Nc3nocc3C3CC3)cc21. The van der Waals surface area contributed by atoms with Gasteiger partial charge in [0, 0.05) is 24.8 Å². The Kier molecular flexibility index (Phi) is 2.94. The lowest BCUT2D eigenvalue weighted by molar-refractivity contribution is 0.422. The number of hydrogen-bond donors (Lipinski definition) is 1. The lowest BCUT2D eigenvalue weighted by Gasteiger charge is -2.13. The standard InChI is InChI=1S/C15H17N3O3S/c1-18-7-6-11-4-5-12(8-14(11)18)22(19,20)17-15-13(9-21-16-15)10-2-3-10/h4-5,8-10H,2-3,6-7H2,1H3,(H,16,17). The van der Waals surface area contributed by atoms with E-state index in [1.54, 1.807) is 12.1 Å². The number of anilines is 2. The maximum atomic E-state index is 12.6. The zero-order chi connectivity index (χ0) is 15.3. The van der Waals surface area contributed by atoms with Crippen molar-refractivity contribution in [3.63, 3.8) is 0 Å². The van der Waals surface area contributed by atoms with Gasteiger partial charge in [-0.1, -0.05) is 11.2 Å². The van der Waals surface area contributed by atoms with Crippen LogP contribution < -0.4 is 9.62 Å². The molecule has 1 N–H and O–H groups in total. The summed E-state index contributed by atoms with van der Waals surface area (Å²) in [5.74, 6) is 0.687. The molecule has 1 aliphatic carbocycles. The summed E-state index contributed by atoms with van der Waals surface area (Å²) in [6.45, 7) is 0.918. The van der Waals surface area contributed by atoms with Crippen LogP contribution in [0.4, 0.5) is 11.5 Å². The molecule has 7 heteroatoms. The van der Waals surface area contributed by atoms with E-state index >= 15 is 0 Å². The summed E-state index contributed by atoms with van der Waals surface area (Å²) in [6.07, 6.45) is 4.60. The van der Waals surface area contributed by atoms with Gasteiger partial charge in [-0.2, -0.15) is 0 Å². The third-order valence-corrected chi connectivity index (χ3v) is 5.68. The van der Waals surface area contributed by atoms with Crippen LogP contribution >= 0.6 is 0 Å². The van der Waals surface area contributed by atoms with Gasteiger partial charge in [0.05, 0.1) is 4.90 Å². The molecule has 1 fully saturated rings. The maximum absolute atomic E-state index is 12.6. The Morgan fingerprint density at radius 2 is 2.18 bits per heavy atom. The predicted molar refractivity (Wildman–Crippen MR) is 82.7 cm³/mol. The molecule has 1 aromatic carbocycles. The van der Waals surface area contributed by atoms with Gasteiger partial charge in [-0.15, -0.1) is 0 Å². The van der Waals surface area contributed by atoms with Gasteiger partial charge in [-0.05, 0) is 42.9 Å². The highest BCUT2D eigenvalue weighted by atomic mass is 32.2. The molecule has 116 valence electrons. The van der Waals surface area contributed by atoms with Gasteiger partial charge in [0.25, 0.3) is 10.0 Å². The molecule has 0 atom stereocenters. The van der Waals surface area contributed by atoms with Gasteiger partial charge < -0.3 is 9.42 Å². The third kappa shape index (κ3) is 2.25. The highest BCUT2D eigenvalue weighted by Crippen LogP contribution is 2.43. The first-order valence-electron chi connectivity index (χ1n) is 7.36. The predicted octanol–water partition coefficient (Wildman–Crippen LogP) is 2.35. The van der Waals surface area contributed by atoms with Crippen LogP contribution in [0.1, 0.15) is 29.9 Å². The first kappa shape index (κ1) is 13.6. The molecule has 0 unspecified atom stereocenters.